The first kappa shape index (κ1) is 159. The summed E-state index contributed by atoms with van der Waals surface area (Å²) in [6.07, 6.45) is 19.8. The molecule has 4 nitrogen and oxygen atoms in total. The number of hydrogen-bond donors (Lipinski definition) is 0. The fourth-order valence-electron chi connectivity index (χ4n) is 14.1. The molecule has 0 spiro atoms. The van der Waals surface area contributed by atoms with E-state index in [0.717, 1.165) is 85.0 Å². The van der Waals surface area contributed by atoms with Crippen LogP contribution in [-0.4, -0.2) is 38.3 Å². The van der Waals surface area contributed by atoms with Crippen molar-refractivity contribution in [3.05, 3.63) is 360 Å². The van der Waals surface area contributed by atoms with Crippen molar-refractivity contribution in [2.75, 3.05) is 19.8 Å². The Morgan fingerprint density at radius 1 is 0.287 bits per heavy atom. The van der Waals surface area contributed by atoms with Gasteiger partial charge in [0, 0.05) is 346 Å². The van der Waals surface area contributed by atoms with Gasteiger partial charge in [0.15, 0.2) is 41.1 Å². The summed E-state index contributed by atoms with van der Waals surface area (Å²) in [5.74, 6) is -1.15. The number of aryl methyl sites for hydroxylation is 12. The molecule has 3 fully saturated rings. The Morgan fingerprint density at radius 2 is 0.650 bits per heavy atom. The molecule has 0 radical (unpaired) electrons. The second-order valence-electron chi connectivity index (χ2n) is 36.4. The molecule has 3 aliphatic heterocycles. The van der Waals surface area contributed by atoms with E-state index in [1.807, 2.05) is 58.0 Å². The molecule has 0 bridgehead atoms. The van der Waals surface area contributed by atoms with Gasteiger partial charge in [-0.1, -0.05) is 325 Å². The third-order valence-corrected chi connectivity index (χ3v) is 23.9. The molecule has 0 amide bonds. The summed E-state index contributed by atoms with van der Waals surface area (Å²) in [6.45, 7) is 45.2. The molecule has 0 aromatic heterocycles. The van der Waals surface area contributed by atoms with Crippen LogP contribution in [0, 0.1) is 491 Å². The number of halogens is 11. The number of ether oxygens (including phenoxy) is 4. The number of benzene rings is 11. The third kappa shape index (κ3) is 62.8. The largest absolute Gasteiger partial charge is 0.487 e. The van der Waals surface area contributed by atoms with Gasteiger partial charge in [-0.2, -0.15) is 4.39 Å². The smallest absolute Gasteiger partial charge is 0.201 e. The molecule has 17 rings (SSSR count). The van der Waals surface area contributed by atoms with Crippen LogP contribution >= 0.6 is 11.6 Å². The molecule has 23 heteroatoms. The van der Waals surface area contributed by atoms with Crippen LogP contribution < -0.4 is 4.74 Å². The zero-order valence-electron chi connectivity index (χ0n) is 85.8. The first-order valence-corrected chi connectivity index (χ1v) is 46.8. The molecular formula is C120H161ClF10Nd8O4. The molecule has 143 heavy (non-hydrogen) atoms. The van der Waals surface area contributed by atoms with Crippen LogP contribution in [-0.2, 0) is 20.6 Å². The van der Waals surface area contributed by atoms with Gasteiger partial charge in [-0.25, -0.2) is 39.5 Å². The standard InChI is InChI=1S/C12H9F3.2C12H10.C11H12F2O.C8H8ClF.C8H8F2.C8H13F.C8H9F.C8H16.C8H14.C8H10.C7H14O.C6H12O2.4CH4.8Nd/c1-6-3-4-8-5-7(2)11(14)12(15)9(8)10(6)13;2*1-3-7-11(8-4-1)12-9-5-2-6-10-12;1-6-5-8-4-3-7(2)14-11(8)10(13)9(6)12;2*1-5-3-4-6(2)8(10)7(5)9;2*1-6-3-4-7(2)8(9)5-6;3*1-7-3-5-8(2)6-4-7;1-6-3-4-7(2)8-5-6;1-5-3-7-6(2)8-4-5;;;;;;;;;;;;/h3-5H,1-2H3;2*1-10H;5,7H,3-4H2,1-2H3;2*3-4H,1-2H3;6H,3-5H2,1-2H3;3-5H,1-2H3;7-8H,3-6H2,1-2H3;3,8H,4-6H2,1-2H3;3-6H,1-2H3;6-7H,3-5H2,1-2H3;5-6H,3-4H2,1-2H3;4*1H4;;;;;;;;. The summed E-state index contributed by atoms with van der Waals surface area (Å²) < 4.78 is 151. The van der Waals surface area contributed by atoms with E-state index >= 15 is 0 Å². The van der Waals surface area contributed by atoms with Gasteiger partial charge >= 0.3 is 0 Å². The van der Waals surface area contributed by atoms with Gasteiger partial charge in [-0.15, -0.1) is 0 Å². The minimum absolute atomic E-state index is 0. The fraction of sp³-hybridized carbons (Fsp3) is 0.433. The Bertz CT molecular complexity index is 4900. The Hall–Kier alpha value is 1.24. The van der Waals surface area contributed by atoms with E-state index in [1.54, 1.807) is 81.8 Å². The van der Waals surface area contributed by atoms with Gasteiger partial charge in [0.25, 0.3) is 0 Å². The molecule has 5 atom stereocenters. The van der Waals surface area contributed by atoms with Gasteiger partial charge in [0.05, 0.1) is 41.7 Å². The average Bonchev–Trinajstić information content (AvgIpc) is 0.789. The Kier molecular flexibility index (Phi) is 98.4. The SMILES string of the molecule is C.C.C.C.CC1=C(F)CC(C)CC1.CC1=CCC(C)CC1.CC1CCC(C)CC1.CC1CCC(C)OC1.CC1COC(C)OC1.Cc1cc2c(c(F)c1F)OC(C)CC2.Cc1cc2ccc(C)c(F)c2c(F)c1F.Cc1ccc(C)c(Cl)c1F.Cc1ccc(C)c(F)c1.Cc1ccc(C)c(F)c1F.Cc1ccc(C)cc1.[Nd].[Nd].[Nd].[Nd].[Nd].[Nd].[Nd].[Nd].c1ccc(-c2ccccc2)cc1.c1ccc(-c2ccccc2)cc1. The molecule has 0 N–H and O–H groups in total. The minimum atomic E-state index is -1.11. The predicted octanol–water partition coefficient (Wildman–Crippen LogP) is 38.0. The van der Waals surface area contributed by atoms with E-state index in [-0.39, 0.29) is 408 Å². The topological polar surface area (TPSA) is 36.9 Å². The Balaban J connectivity index is -0.000000230. The van der Waals surface area contributed by atoms with Gasteiger partial charge < -0.3 is 18.9 Å². The van der Waals surface area contributed by atoms with Crippen molar-refractivity contribution in [2.45, 2.75) is 290 Å². The van der Waals surface area contributed by atoms with Crippen LogP contribution in [0.5, 0.6) is 5.75 Å². The van der Waals surface area contributed by atoms with Crippen LogP contribution in [0.3, 0.4) is 0 Å². The second kappa shape index (κ2) is 88.2. The van der Waals surface area contributed by atoms with Gasteiger partial charge in [0.2, 0.25) is 5.82 Å². The van der Waals surface area contributed by atoms with Gasteiger partial charge in [-0.3, -0.25) is 0 Å². The summed E-state index contributed by atoms with van der Waals surface area (Å²) >= 11 is 5.61. The van der Waals surface area contributed by atoms with E-state index < -0.39 is 40.7 Å². The first-order valence-electron chi connectivity index (χ1n) is 46.5. The summed E-state index contributed by atoms with van der Waals surface area (Å²) in [6, 6.07) is 68.2. The second-order valence-corrected chi connectivity index (χ2v) is 36.8. The maximum absolute atomic E-state index is 13.6. The normalized spacial score (nSPS) is 17.4. The van der Waals surface area contributed by atoms with Crippen molar-refractivity contribution >= 4 is 22.4 Å². The van der Waals surface area contributed by atoms with Crippen molar-refractivity contribution in [3.63, 3.8) is 0 Å². The van der Waals surface area contributed by atoms with E-state index in [9.17, 15) is 43.9 Å². The maximum Gasteiger partial charge on any atom is 0.201 e. The molecule has 11 aromatic carbocycles. The molecule has 3 heterocycles. The zero-order chi connectivity index (χ0) is 97.0. The predicted molar refractivity (Wildman–Crippen MR) is 557 cm³/mol. The summed E-state index contributed by atoms with van der Waals surface area (Å²) in [5.41, 5.74) is 15.7. The fourth-order valence-corrected chi connectivity index (χ4v) is 14.3. The number of rotatable bonds is 2. The van der Waals surface area contributed by atoms with E-state index in [0.29, 0.717) is 63.1 Å². The molecule has 3 aliphatic carbocycles. The van der Waals surface area contributed by atoms with Gasteiger partial charge in [0.1, 0.15) is 17.5 Å². The van der Waals surface area contributed by atoms with Crippen LogP contribution in [0.2, 0.25) is 5.02 Å². The molecule has 5 unspecified atom stereocenters. The van der Waals surface area contributed by atoms with Crippen LogP contribution in [0.25, 0.3) is 33.0 Å². The number of allylic oxidation sites excluding steroid dienone is 4. The molecular weight excluding hydrogens is 2880 g/mol. The summed E-state index contributed by atoms with van der Waals surface area (Å²) in [7, 11) is 0. The number of fused-ring (bicyclic) bond motifs is 2. The van der Waals surface area contributed by atoms with Crippen molar-refractivity contribution in [3.8, 4) is 28.0 Å². The zero-order valence-corrected chi connectivity index (χ0v) is 112. The molecule has 774 valence electrons. The average molecular weight is 3050 g/mol. The van der Waals surface area contributed by atoms with Crippen LogP contribution in [0.15, 0.2) is 235 Å². The van der Waals surface area contributed by atoms with E-state index in [4.69, 9.17) is 30.5 Å². The molecule has 11 aromatic rings. The Labute approximate surface area is 1130 Å². The van der Waals surface area contributed by atoms with Crippen LogP contribution in [0.4, 0.5) is 43.9 Å². The van der Waals surface area contributed by atoms with E-state index in [2.05, 4.69) is 197 Å². The third-order valence-electron chi connectivity index (χ3n) is 23.5. The summed E-state index contributed by atoms with van der Waals surface area (Å²) in [5, 5.41) is 0.354. The quantitative estimate of drug-likeness (QED) is 0.128. The van der Waals surface area contributed by atoms with Crippen molar-refractivity contribution in [2.24, 2.45) is 35.5 Å². The Morgan fingerprint density at radius 3 is 1.01 bits per heavy atom. The van der Waals surface area contributed by atoms with Crippen molar-refractivity contribution in [1.29, 1.82) is 0 Å². The number of hydrogen-bond acceptors (Lipinski definition) is 4. The maximum atomic E-state index is 13.6. The van der Waals surface area contributed by atoms with Crippen molar-refractivity contribution < 1.29 is 390 Å². The molecule has 1 saturated carbocycles. The van der Waals surface area contributed by atoms with Crippen LogP contribution in [0.1, 0.15) is 256 Å². The van der Waals surface area contributed by atoms with E-state index in [1.165, 1.54) is 137 Å². The molecule has 6 aliphatic rings. The molecule has 2 saturated heterocycles. The summed E-state index contributed by atoms with van der Waals surface area (Å²) in [4.78, 5) is 0. The van der Waals surface area contributed by atoms with Gasteiger partial charge in [-0.05, 0) is 305 Å². The van der Waals surface area contributed by atoms with Crippen molar-refractivity contribution in [1.82, 2.24) is 0 Å². The monoisotopic (exact) mass is 3030 g/mol. The first-order chi connectivity index (χ1) is 62.1. The minimum Gasteiger partial charge on any atom is -0.487 e.